The van der Waals surface area contributed by atoms with E-state index in [1.807, 2.05) is 45.0 Å². The first kappa shape index (κ1) is 23.2. The number of likely N-dealkylation sites (N-methyl/N-ethyl adjacent to an activating group) is 1. The molecular formula is C24H31N5O4. The van der Waals surface area contributed by atoms with Gasteiger partial charge in [0.25, 0.3) is 0 Å². The summed E-state index contributed by atoms with van der Waals surface area (Å²) in [6.45, 7) is 7.85. The normalized spacial score (nSPS) is 16.7. The third kappa shape index (κ3) is 5.32. The largest absolute Gasteiger partial charge is 0.491 e. The van der Waals surface area contributed by atoms with Crippen LogP contribution in [-0.2, 0) is 4.74 Å². The second kappa shape index (κ2) is 10.3. The Morgan fingerprint density at radius 1 is 1.24 bits per heavy atom. The number of hydrogen-bond acceptors (Lipinski definition) is 9. The molecule has 3 N–H and O–H groups in total. The van der Waals surface area contributed by atoms with Crippen LogP contribution in [-0.4, -0.2) is 65.8 Å². The number of rotatable bonds is 9. The fraction of sp³-hybridized carbons (Fsp3) is 0.458. The number of aliphatic hydroxyl groups excluding tert-OH is 1. The van der Waals surface area contributed by atoms with E-state index in [1.165, 1.54) is 0 Å². The average molecular weight is 454 g/mol. The van der Waals surface area contributed by atoms with Crippen LogP contribution in [0, 0.1) is 20.8 Å². The lowest BCUT2D eigenvalue weighted by molar-refractivity contribution is 0.108. The molecule has 9 heteroatoms. The fourth-order valence-electron chi connectivity index (χ4n) is 3.90. The summed E-state index contributed by atoms with van der Waals surface area (Å²) in [7, 11) is 1.79. The van der Waals surface area contributed by atoms with Crippen molar-refractivity contribution in [2.45, 2.75) is 39.3 Å². The van der Waals surface area contributed by atoms with Crippen molar-refractivity contribution in [1.29, 1.82) is 0 Å². The number of aliphatic hydroxyl groups is 1. The van der Waals surface area contributed by atoms with E-state index < -0.39 is 6.10 Å². The summed E-state index contributed by atoms with van der Waals surface area (Å²) in [5, 5.41) is 20.5. The quantitative estimate of drug-likeness (QED) is 0.450. The molecule has 1 unspecified atom stereocenters. The highest BCUT2D eigenvalue weighted by Gasteiger charge is 2.23. The molecule has 0 spiro atoms. The summed E-state index contributed by atoms with van der Waals surface area (Å²) in [6, 6.07) is 7.78. The first-order chi connectivity index (χ1) is 16.0. The van der Waals surface area contributed by atoms with E-state index in [0.29, 0.717) is 30.5 Å². The van der Waals surface area contributed by atoms with Crippen LogP contribution in [0.1, 0.15) is 23.4 Å². The fourth-order valence-corrected chi connectivity index (χ4v) is 3.90. The maximum absolute atomic E-state index is 9.95. The van der Waals surface area contributed by atoms with Gasteiger partial charge >= 0.3 is 0 Å². The number of hydrogen-bond donors (Lipinski definition) is 3. The predicted octanol–water partition coefficient (Wildman–Crippen LogP) is 2.88. The lowest BCUT2D eigenvalue weighted by Gasteiger charge is -2.17. The van der Waals surface area contributed by atoms with E-state index >= 15 is 0 Å². The smallest absolute Gasteiger partial charge is 0.162 e. The van der Waals surface area contributed by atoms with Gasteiger partial charge in [-0.15, -0.1) is 0 Å². The maximum atomic E-state index is 9.95. The molecule has 1 aromatic carbocycles. The van der Waals surface area contributed by atoms with Crippen molar-refractivity contribution in [3.05, 3.63) is 41.3 Å². The lowest BCUT2D eigenvalue weighted by Crippen LogP contribution is -2.29. The SMILES string of the molecule is CNCC(O)COc1cccc(-c2nc(N[C@H]3CCOC3)c(C)c(-c3c(C)noc3C)n2)c1. The Kier molecular flexibility index (Phi) is 7.22. The highest BCUT2D eigenvalue weighted by molar-refractivity contribution is 5.74. The predicted molar refractivity (Wildman–Crippen MR) is 125 cm³/mol. The van der Waals surface area contributed by atoms with Gasteiger partial charge in [0, 0.05) is 24.3 Å². The minimum Gasteiger partial charge on any atom is -0.491 e. The van der Waals surface area contributed by atoms with Crippen LogP contribution >= 0.6 is 0 Å². The number of anilines is 1. The van der Waals surface area contributed by atoms with Crippen LogP contribution in [0.4, 0.5) is 5.82 Å². The third-order valence-corrected chi connectivity index (χ3v) is 5.66. The number of aryl methyl sites for hydroxylation is 2. The molecule has 9 nitrogen and oxygen atoms in total. The van der Waals surface area contributed by atoms with Crippen molar-refractivity contribution in [2.75, 3.05) is 38.7 Å². The highest BCUT2D eigenvalue weighted by atomic mass is 16.5. The van der Waals surface area contributed by atoms with E-state index in [9.17, 15) is 5.11 Å². The highest BCUT2D eigenvalue weighted by Crippen LogP contribution is 2.34. The van der Waals surface area contributed by atoms with Crippen molar-refractivity contribution < 1.29 is 19.1 Å². The monoisotopic (exact) mass is 453 g/mol. The van der Waals surface area contributed by atoms with Crippen LogP contribution in [0.25, 0.3) is 22.6 Å². The van der Waals surface area contributed by atoms with E-state index in [1.54, 1.807) is 7.05 Å². The molecule has 1 fully saturated rings. The van der Waals surface area contributed by atoms with Gasteiger partial charge in [-0.05, 0) is 46.4 Å². The summed E-state index contributed by atoms with van der Waals surface area (Å²) < 4.78 is 16.7. The Morgan fingerprint density at radius 2 is 2.09 bits per heavy atom. The van der Waals surface area contributed by atoms with E-state index in [4.69, 9.17) is 24.0 Å². The average Bonchev–Trinajstić information content (AvgIpc) is 3.44. The van der Waals surface area contributed by atoms with Gasteiger partial charge < -0.3 is 29.7 Å². The first-order valence-electron chi connectivity index (χ1n) is 11.2. The number of nitrogens with zero attached hydrogens (tertiary/aromatic N) is 3. The van der Waals surface area contributed by atoms with E-state index in [2.05, 4.69) is 15.8 Å². The summed E-state index contributed by atoms with van der Waals surface area (Å²) in [5.74, 6) is 2.69. The van der Waals surface area contributed by atoms with Gasteiger partial charge in [-0.2, -0.15) is 0 Å². The van der Waals surface area contributed by atoms with Crippen LogP contribution in [0.15, 0.2) is 28.8 Å². The summed E-state index contributed by atoms with van der Waals surface area (Å²) in [6.07, 6.45) is 0.336. The van der Waals surface area contributed by atoms with Gasteiger partial charge in [0.2, 0.25) is 0 Å². The standard InChI is InChI=1S/C24H31N5O4/c1-14-22(21-15(2)29-33-16(21)3)27-24(28-23(14)26-18-8-9-31-12-18)17-6-5-7-20(10-17)32-13-19(30)11-25-4/h5-7,10,18-19,25,30H,8-9,11-13H2,1-4H3,(H,26,27,28)/t18-,19?/m0/s1. The summed E-state index contributed by atoms with van der Waals surface area (Å²) in [5.41, 5.74) is 4.20. The zero-order chi connectivity index (χ0) is 23.4. The van der Waals surface area contributed by atoms with Crippen LogP contribution < -0.4 is 15.4 Å². The van der Waals surface area contributed by atoms with Crippen molar-refractivity contribution in [2.24, 2.45) is 0 Å². The molecule has 1 aliphatic heterocycles. The summed E-state index contributed by atoms with van der Waals surface area (Å²) in [4.78, 5) is 9.77. The Hall–Kier alpha value is -3.01. The van der Waals surface area contributed by atoms with E-state index in [0.717, 1.165) is 46.9 Å². The Labute approximate surface area is 193 Å². The number of benzene rings is 1. The molecule has 0 saturated carbocycles. The van der Waals surface area contributed by atoms with E-state index in [-0.39, 0.29) is 12.6 Å². The molecule has 4 rings (SSSR count). The lowest BCUT2D eigenvalue weighted by atomic mass is 10.0. The van der Waals surface area contributed by atoms with Gasteiger partial charge in [0.05, 0.1) is 29.6 Å². The zero-order valence-electron chi connectivity index (χ0n) is 19.5. The molecule has 0 radical (unpaired) electrons. The van der Waals surface area contributed by atoms with Gasteiger partial charge in [-0.25, -0.2) is 9.97 Å². The molecule has 0 aliphatic carbocycles. The topological polar surface area (TPSA) is 115 Å². The third-order valence-electron chi connectivity index (χ3n) is 5.66. The Bertz CT molecular complexity index is 1070. The van der Waals surface area contributed by atoms with Crippen molar-refractivity contribution in [3.8, 4) is 28.4 Å². The van der Waals surface area contributed by atoms with Gasteiger partial charge in [-0.1, -0.05) is 17.3 Å². The summed E-state index contributed by atoms with van der Waals surface area (Å²) >= 11 is 0. The molecule has 3 aromatic rings. The minimum atomic E-state index is -0.593. The van der Waals surface area contributed by atoms with Gasteiger partial charge in [0.15, 0.2) is 5.82 Å². The first-order valence-corrected chi connectivity index (χ1v) is 11.2. The zero-order valence-corrected chi connectivity index (χ0v) is 19.5. The maximum Gasteiger partial charge on any atom is 0.162 e. The van der Waals surface area contributed by atoms with Crippen molar-refractivity contribution in [1.82, 2.24) is 20.4 Å². The molecule has 176 valence electrons. The van der Waals surface area contributed by atoms with Crippen LogP contribution in [0.5, 0.6) is 5.75 Å². The van der Waals surface area contributed by atoms with Gasteiger partial charge in [0.1, 0.15) is 30.0 Å². The minimum absolute atomic E-state index is 0.192. The van der Waals surface area contributed by atoms with Crippen molar-refractivity contribution >= 4 is 5.82 Å². The van der Waals surface area contributed by atoms with Gasteiger partial charge in [-0.3, -0.25) is 0 Å². The Morgan fingerprint density at radius 3 is 2.79 bits per heavy atom. The molecule has 2 aromatic heterocycles. The molecule has 0 amide bonds. The number of aromatic nitrogens is 3. The second-order valence-corrected chi connectivity index (χ2v) is 8.32. The Balaban J connectivity index is 1.72. The molecule has 2 atom stereocenters. The molecule has 1 saturated heterocycles. The number of nitrogens with one attached hydrogen (secondary N) is 2. The number of ether oxygens (including phenoxy) is 2. The molecule has 33 heavy (non-hydrogen) atoms. The van der Waals surface area contributed by atoms with Crippen molar-refractivity contribution in [3.63, 3.8) is 0 Å². The molecular weight excluding hydrogens is 422 g/mol. The van der Waals surface area contributed by atoms with Crippen LogP contribution in [0.2, 0.25) is 0 Å². The second-order valence-electron chi connectivity index (χ2n) is 8.32. The molecule has 3 heterocycles. The van der Waals surface area contributed by atoms with Crippen LogP contribution in [0.3, 0.4) is 0 Å². The molecule has 0 bridgehead atoms. The molecule has 1 aliphatic rings.